The van der Waals surface area contributed by atoms with Gasteiger partial charge in [0.25, 0.3) is 0 Å². The zero-order valence-corrected chi connectivity index (χ0v) is 15.1. The van der Waals surface area contributed by atoms with Gasteiger partial charge in [0.05, 0.1) is 12.2 Å². The molecule has 5 heteroatoms. The van der Waals surface area contributed by atoms with Crippen molar-refractivity contribution in [3.8, 4) is 11.4 Å². The Morgan fingerprint density at radius 3 is 3.00 bits per heavy atom. The van der Waals surface area contributed by atoms with Crippen LogP contribution in [0.25, 0.3) is 11.4 Å². The van der Waals surface area contributed by atoms with Crippen LogP contribution in [0.4, 0.5) is 0 Å². The normalized spacial score (nSPS) is 18.5. The molecule has 3 aromatic rings. The highest BCUT2D eigenvalue weighted by molar-refractivity contribution is 7.09. The molecule has 0 saturated carbocycles. The van der Waals surface area contributed by atoms with E-state index in [1.807, 2.05) is 35.6 Å². The maximum Gasteiger partial charge on any atom is 0.151 e. The van der Waals surface area contributed by atoms with Gasteiger partial charge in [0, 0.05) is 23.2 Å². The fourth-order valence-corrected chi connectivity index (χ4v) is 4.31. The average Bonchev–Trinajstić information content (AvgIpc) is 3.34. The molecule has 0 aliphatic carbocycles. The number of piperidine rings is 1. The van der Waals surface area contributed by atoms with Gasteiger partial charge >= 0.3 is 0 Å². The van der Waals surface area contributed by atoms with Crippen molar-refractivity contribution in [1.82, 2.24) is 15.0 Å². The lowest BCUT2D eigenvalue weighted by atomic mass is 9.97. The molecule has 1 aliphatic rings. The molecule has 4 nitrogen and oxygen atoms in total. The van der Waals surface area contributed by atoms with Crippen LogP contribution in [0.1, 0.15) is 36.3 Å². The number of aromatic nitrogens is 2. The van der Waals surface area contributed by atoms with Crippen LogP contribution in [-0.4, -0.2) is 27.6 Å². The third kappa shape index (κ3) is 4.17. The van der Waals surface area contributed by atoms with Crippen LogP contribution >= 0.6 is 11.3 Å². The van der Waals surface area contributed by atoms with Crippen molar-refractivity contribution in [2.75, 3.05) is 6.54 Å². The molecule has 0 aromatic carbocycles. The van der Waals surface area contributed by atoms with Gasteiger partial charge in [0.2, 0.25) is 0 Å². The first-order chi connectivity index (χ1) is 12.4. The Balaban J connectivity index is 1.40. The smallest absolute Gasteiger partial charge is 0.151 e. The molecule has 4 rings (SSSR count). The van der Waals surface area contributed by atoms with Crippen molar-refractivity contribution in [2.24, 2.45) is 0 Å². The molecule has 25 heavy (non-hydrogen) atoms. The molecule has 0 N–H and O–H groups in total. The van der Waals surface area contributed by atoms with Crippen LogP contribution in [0, 0.1) is 0 Å². The molecule has 0 amide bonds. The summed E-state index contributed by atoms with van der Waals surface area (Å²) in [5.74, 6) is 0.934. The second kappa shape index (κ2) is 7.93. The zero-order valence-electron chi connectivity index (χ0n) is 14.3. The molecule has 3 aromatic heterocycles. The first kappa shape index (κ1) is 16.5. The zero-order chi connectivity index (χ0) is 16.9. The van der Waals surface area contributed by atoms with Gasteiger partial charge in [-0.3, -0.25) is 9.88 Å². The second-order valence-electron chi connectivity index (χ2n) is 6.63. The Hall–Kier alpha value is -1.98. The van der Waals surface area contributed by atoms with E-state index in [0.717, 1.165) is 30.2 Å². The van der Waals surface area contributed by atoms with Crippen LogP contribution in [0.15, 0.2) is 52.5 Å². The Morgan fingerprint density at radius 1 is 1.16 bits per heavy atom. The summed E-state index contributed by atoms with van der Waals surface area (Å²) in [6.07, 6.45) is 8.08. The van der Waals surface area contributed by atoms with Gasteiger partial charge in [0.1, 0.15) is 5.69 Å². The first-order valence-corrected chi connectivity index (χ1v) is 9.90. The molecular weight excluding hydrogens is 330 g/mol. The predicted molar refractivity (Wildman–Crippen MR) is 100 cm³/mol. The molecule has 1 atom stereocenters. The van der Waals surface area contributed by atoms with Crippen LogP contribution in [0.5, 0.6) is 0 Å². The van der Waals surface area contributed by atoms with Crippen molar-refractivity contribution in [2.45, 2.75) is 44.7 Å². The van der Waals surface area contributed by atoms with E-state index >= 15 is 0 Å². The molecule has 1 fully saturated rings. The van der Waals surface area contributed by atoms with Gasteiger partial charge in [-0.1, -0.05) is 23.7 Å². The minimum absolute atomic E-state index is 0.638. The standard InChI is InChI=1S/C20H23N3OS/c1-3-11-21-19(8-1)20-14-17(24-22-20)15-23-12-4-2-6-16(23)9-10-18-7-5-13-25-18/h1,3,5,7-8,11,13-14,16H,2,4,6,9-10,12,15H2. The number of likely N-dealkylation sites (tertiary alicyclic amines) is 1. The number of thiophene rings is 1. The maximum absolute atomic E-state index is 5.59. The molecule has 130 valence electrons. The topological polar surface area (TPSA) is 42.2 Å². The van der Waals surface area contributed by atoms with Gasteiger partial charge in [-0.05, 0) is 55.8 Å². The second-order valence-corrected chi connectivity index (χ2v) is 7.66. The number of hydrogen-bond donors (Lipinski definition) is 0. The maximum atomic E-state index is 5.59. The summed E-state index contributed by atoms with van der Waals surface area (Å²) in [4.78, 5) is 8.40. The molecule has 0 bridgehead atoms. The van der Waals surface area contributed by atoms with Crippen molar-refractivity contribution in [1.29, 1.82) is 0 Å². The lowest BCUT2D eigenvalue weighted by Crippen LogP contribution is -2.39. The van der Waals surface area contributed by atoms with E-state index < -0.39 is 0 Å². The molecule has 1 saturated heterocycles. The fraction of sp³-hybridized carbons (Fsp3) is 0.400. The van der Waals surface area contributed by atoms with Gasteiger partial charge in [-0.2, -0.15) is 0 Å². The summed E-state index contributed by atoms with van der Waals surface area (Å²) in [6, 6.07) is 12.9. The summed E-state index contributed by atoms with van der Waals surface area (Å²) in [6.45, 7) is 1.99. The largest absolute Gasteiger partial charge is 0.359 e. The first-order valence-electron chi connectivity index (χ1n) is 9.02. The van der Waals surface area contributed by atoms with E-state index in [1.165, 1.54) is 37.0 Å². The van der Waals surface area contributed by atoms with E-state index in [-0.39, 0.29) is 0 Å². The number of aryl methyl sites for hydroxylation is 1. The van der Waals surface area contributed by atoms with E-state index in [0.29, 0.717) is 6.04 Å². The minimum Gasteiger partial charge on any atom is -0.359 e. The molecule has 0 radical (unpaired) electrons. The van der Waals surface area contributed by atoms with Crippen molar-refractivity contribution >= 4 is 11.3 Å². The Labute approximate surface area is 152 Å². The summed E-state index contributed by atoms with van der Waals surface area (Å²) >= 11 is 1.86. The monoisotopic (exact) mass is 353 g/mol. The molecule has 0 spiro atoms. The van der Waals surface area contributed by atoms with E-state index in [1.54, 1.807) is 6.20 Å². The van der Waals surface area contributed by atoms with Crippen LogP contribution in [0.2, 0.25) is 0 Å². The minimum atomic E-state index is 0.638. The highest BCUT2D eigenvalue weighted by atomic mass is 32.1. The van der Waals surface area contributed by atoms with Crippen LogP contribution in [-0.2, 0) is 13.0 Å². The Morgan fingerprint density at radius 2 is 2.16 bits per heavy atom. The number of rotatable bonds is 6. The highest BCUT2D eigenvalue weighted by Gasteiger charge is 2.23. The van der Waals surface area contributed by atoms with Crippen molar-refractivity contribution < 1.29 is 4.52 Å². The van der Waals surface area contributed by atoms with Gasteiger partial charge in [-0.25, -0.2) is 0 Å². The predicted octanol–water partition coefficient (Wildman–Crippen LogP) is 4.79. The van der Waals surface area contributed by atoms with Gasteiger partial charge in [0.15, 0.2) is 5.76 Å². The number of pyridine rings is 1. The molecular formula is C20H23N3OS. The average molecular weight is 353 g/mol. The number of hydrogen-bond acceptors (Lipinski definition) is 5. The van der Waals surface area contributed by atoms with E-state index in [4.69, 9.17) is 4.52 Å². The Bertz CT molecular complexity index is 769. The van der Waals surface area contributed by atoms with Crippen LogP contribution < -0.4 is 0 Å². The van der Waals surface area contributed by atoms with Crippen LogP contribution in [0.3, 0.4) is 0 Å². The molecule has 1 aliphatic heterocycles. The summed E-state index contributed by atoms with van der Waals surface area (Å²) < 4.78 is 5.59. The third-order valence-electron chi connectivity index (χ3n) is 4.90. The summed E-state index contributed by atoms with van der Waals surface area (Å²) in [5.41, 5.74) is 1.69. The quantitative estimate of drug-likeness (QED) is 0.639. The molecule has 4 heterocycles. The van der Waals surface area contributed by atoms with Crippen molar-refractivity contribution in [3.05, 3.63) is 58.6 Å². The van der Waals surface area contributed by atoms with Gasteiger partial charge in [-0.15, -0.1) is 11.3 Å². The van der Waals surface area contributed by atoms with Gasteiger partial charge < -0.3 is 4.52 Å². The lowest BCUT2D eigenvalue weighted by Gasteiger charge is -2.35. The lowest BCUT2D eigenvalue weighted by molar-refractivity contribution is 0.119. The van der Waals surface area contributed by atoms with Crippen molar-refractivity contribution in [3.63, 3.8) is 0 Å². The molecule has 1 unspecified atom stereocenters. The highest BCUT2D eigenvalue weighted by Crippen LogP contribution is 2.25. The fourth-order valence-electron chi connectivity index (χ4n) is 3.58. The number of nitrogens with zero attached hydrogens (tertiary/aromatic N) is 3. The third-order valence-corrected chi connectivity index (χ3v) is 5.83. The summed E-state index contributed by atoms with van der Waals surface area (Å²) in [5, 5.41) is 6.37. The Kier molecular flexibility index (Phi) is 5.23. The van der Waals surface area contributed by atoms with E-state index in [2.05, 4.69) is 32.6 Å². The SMILES string of the molecule is c1ccc(-c2cc(CN3CCCCC3CCc3cccs3)on2)nc1. The summed E-state index contributed by atoms with van der Waals surface area (Å²) in [7, 11) is 0. The van der Waals surface area contributed by atoms with E-state index in [9.17, 15) is 0 Å².